The quantitative estimate of drug-likeness (QED) is 0.498. The minimum Gasteiger partial charge on any atom is -0.345 e. The molecule has 2 bridgehead atoms. The van der Waals surface area contributed by atoms with Gasteiger partial charge in [-0.1, -0.05) is 11.6 Å². The predicted molar refractivity (Wildman–Crippen MR) is 118 cm³/mol. The Morgan fingerprint density at radius 3 is 2.74 bits per heavy atom. The number of hydrogen-bond acceptors (Lipinski definition) is 5. The van der Waals surface area contributed by atoms with Crippen molar-refractivity contribution in [3.8, 4) is 11.1 Å². The van der Waals surface area contributed by atoms with Gasteiger partial charge in [0.05, 0.1) is 16.3 Å². The fourth-order valence-electron chi connectivity index (χ4n) is 5.32. The van der Waals surface area contributed by atoms with E-state index in [2.05, 4.69) is 15.0 Å². The van der Waals surface area contributed by atoms with E-state index in [-0.39, 0.29) is 33.7 Å². The number of nitrogens with zero attached hydrogens (tertiary/aromatic N) is 5. The summed E-state index contributed by atoms with van der Waals surface area (Å²) in [6, 6.07) is 3.63. The van der Waals surface area contributed by atoms with Crippen molar-refractivity contribution < 1.29 is 4.39 Å². The van der Waals surface area contributed by atoms with Crippen LogP contribution in [0.2, 0.25) is 5.15 Å². The van der Waals surface area contributed by atoms with Crippen LogP contribution >= 0.6 is 11.6 Å². The Kier molecular flexibility index (Phi) is 3.83. The van der Waals surface area contributed by atoms with Crippen molar-refractivity contribution in [3.63, 3.8) is 0 Å². The van der Waals surface area contributed by atoms with E-state index < -0.39 is 5.82 Å². The second-order valence-corrected chi connectivity index (χ2v) is 8.93. The highest BCUT2D eigenvalue weighted by molar-refractivity contribution is 6.34. The van der Waals surface area contributed by atoms with Crippen LogP contribution in [0.3, 0.4) is 0 Å². The molecule has 3 atom stereocenters. The van der Waals surface area contributed by atoms with Crippen LogP contribution in [0, 0.1) is 11.7 Å². The summed E-state index contributed by atoms with van der Waals surface area (Å²) >= 11 is 6.25. The van der Waals surface area contributed by atoms with Gasteiger partial charge in [-0.15, -0.1) is 0 Å². The van der Waals surface area contributed by atoms with Crippen molar-refractivity contribution in [1.29, 1.82) is 0 Å². The summed E-state index contributed by atoms with van der Waals surface area (Å²) in [7, 11) is 3.36. The van der Waals surface area contributed by atoms with E-state index in [1.54, 1.807) is 37.0 Å². The number of nitrogens with one attached hydrogen (secondary N) is 1. The molecule has 4 heterocycles. The zero-order valence-corrected chi connectivity index (χ0v) is 17.8. The van der Waals surface area contributed by atoms with Gasteiger partial charge in [-0.05, 0) is 30.9 Å². The molecule has 8 nitrogen and oxygen atoms in total. The van der Waals surface area contributed by atoms with Crippen molar-refractivity contribution >= 4 is 39.5 Å². The van der Waals surface area contributed by atoms with Gasteiger partial charge in [0.25, 0.3) is 5.56 Å². The van der Waals surface area contributed by atoms with Crippen molar-refractivity contribution in [1.82, 2.24) is 24.3 Å². The van der Waals surface area contributed by atoms with Crippen LogP contribution in [0.25, 0.3) is 33.1 Å². The third kappa shape index (κ3) is 2.41. The molecule has 1 saturated heterocycles. The third-order valence-corrected chi connectivity index (χ3v) is 7.39. The molecule has 160 valence electrons. The van der Waals surface area contributed by atoms with Gasteiger partial charge in [-0.3, -0.25) is 14.0 Å². The van der Waals surface area contributed by atoms with Crippen LogP contribution in [0.4, 0.5) is 10.3 Å². The first-order chi connectivity index (χ1) is 14.9. The lowest BCUT2D eigenvalue weighted by Gasteiger charge is -2.29. The molecular formula is C21H21ClFN7O. The predicted octanol–water partition coefficient (Wildman–Crippen LogP) is 2.53. The number of halogens is 2. The minimum atomic E-state index is -0.509. The summed E-state index contributed by atoms with van der Waals surface area (Å²) in [5.41, 5.74) is 7.74. The molecule has 0 spiro atoms. The molecule has 2 aliphatic rings. The molecule has 6 rings (SSSR count). The SMILES string of the molecule is Cn1nc2ccc(-c3c[nH]c4nc(N5C[C@H]6CC[C@@H]5[C@@H]6N)n(C)c(=O)c34)c(F)c2c1Cl. The Morgan fingerprint density at radius 2 is 2.03 bits per heavy atom. The van der Waals surface area contributed by atoms with E-state index in [9.17, 15) is 4.79 Å². The lowest BCUT2D eigenvalue weighted by molar-refractivity contribution is 0.530. The number of aromatic amines is 1. The third-order valence-electron chi connectivity index (χ3n) is 6.96. The maximum atomic E-state index is 15.4. The van der Waals surface area contributed by atoms with Crippen LogP contribution < -0.4 is 16.2 Å². The normalized spacial score (nSPS) is 23.0. The van der Waals surface area contributed by atoms with Gasteiger partial charge in [0, 0.05) is 50.0 Å². The van der Waals surface area contributed by atoms with Crippen LogP contribution in [0.1, 0.15) is 12.8 Å². The average molecular weight is 442 g/mol. The van der Waals surface area contributed by atoms with Gasteiger partial charge >= 0.3 is 0 Å². The monoisotopic (exact) mass is 441 g/mol. The second kappa shape index (κ2) is 6.30. The summed E-state index contributed by atoms with van der Waals surface area (Å²) in [4.78, 5) is 23.3. The van der Waals surface area contributed by atoms with E-state index in [0.29, 0.717) is 34.0 Å². The molecule has 1 aromatic carbocycles. The lowest BCUT2D eigenvalue weighted by atomic mass is 10.0. The standard InChI is InChI=1S/C21H21ClFN7O/c1-28-20(31)14-11(10-4-5-12-15(16(10)23)18(22)29(2)27-12)7-25-19(14)26-21(28)30-8-9-3-6-13(30)17(9)24/h4-5,7,9,13,17,25H,3,6,8,24H2,1-2H3/t9-,13-,17-/m1/s1. The highest BCUT2D eigenvalue weighted by atomic mass is 35.5. The molecular weight excluding hydrogens is 421 g/mol. The summed E-state index contributed by atoms with van der Waals surface area (Å²) in [6.07, 6.45) is 3.75. The van der Waals surface area contributed by atoms with Gasteiger partial charge in [0.2, 0.25) is 5.95 Å². The fraction of sp³-hybridized carbons (Fsp3) is 0.381. The molecule has 0 amide bonds. The molecule has 1 aliphatic carbocycles. The molecule has 0 unspecified atom stereocenters. The largest absolute Gasteiger partial charge is 0.345 e. The summed E-state index contributed by atoms with van der Waals surface area (Å²) in [6.45, 7) is 0.802. The van der Waals surface area contributed by atoms with Crippen molar-refractivity contribution in [2.24, 2.45) is 25.7 Å². The molecule has 2 fully saturated rings. The first kappa shape index (κ1) is 18.8. The number of nitrogens with two attached hydrogens (primary N) is 1. The highest BCUT2D eigenvalue weighted by Crippen LogP contribution is 2.39. The Bertz CT molecular complexity index is 1440. The number of benzene rings is 1. The number of rotatable bonds is 2. The zero-order valence-electron chi connectivity index (χ0n) is 17.1. The number of fused-ring (bicyclic) bond motifs is 4. The first-order valence-corrected chi connectivity index (χ1v) is 10.7. The van der Waals surface area contributed by atoms with E-state index in [0.717, 1.165) is 19.4 Å². The van der Waals surface area contributed by atoms with Gasteiger partial charge in [-0.2, -0.15) is 10.1 Å². The van der Waals surface area contributed by atoms with Gasteiger partial charge in [-0.25, -0.2) is 4.39 Å². The Hall–Kier alpha value is -2.91. The first-order valence-electron chi connectivity index (χ1n) is 10.3. The van der Waals surface area contributed by atoms with E-state index in [1.165, 1.54) is 4.68 Å². The van der Waals surface area contributed by atoms with E-state index in [1.807, 2.05) is 0 Å². The van der Waals surface area contributed by atoms with Crippen molar-refractivity contribution in [2.45, 2.75) is 24.9 Å². The Labute approximate surface area is 181 Å². The number of hydrogen-bond donors (Lipinski definition) is 2. The topological polar surface area (TPSA) is 97.8 Å². The minimum absolute atomic E-state index is 0.108. The Balaban J connectivity index is 1.54. The molecule has 3 aromatic heterocycles. The molecule has 1 aliphatic heterocycles. The molecule has 3 N–H and O–H groups in total. The maximum absolute atomic E-state index is 15.4. The second-order valence-electron chi connectivity index (χ2n) is 8.57. The molecule has 10 heteroatoms. The van der Waals surface area contributed by atoms with Gasteiger partial charge in [0.15, 0.2) is 0 Å². The lowest BCUT2D eigenvalue weighted by Crippen LogP contribution is -2.40. The summed E-state index contributed by atoms with van der Waals surface area (Å²) < 4.78 is 18.4. The zero-order chi connectivity index (χ0) is 21.6. The molecule has 0 radical (unpaired) electrons. The number of aromatic nitrogens is 5. The Morgan fingerprint density at radius 1 is 1.23 bits per heavy atom. The molecule has 1 saturated carbocycles. The fourth-order valence-corrected chi connectivity index (χ4v) is 5.54. The average Bonchev–Trinajstić information content (AvgIpc) is 3.48. The number of H-pyrrole nitrogens is 1. The van der Waals surface area contributed by atoms with Gasteiger partial charge in [0.1, 0.15) is 16.6 Å². The van der Waals surface area contributed by atoms with E-state index in [4.69, 9.17) is 22.3 Å². The van der Waals surface area contributed by atoms with Crippen molar-refractivity contribution in [2.75, 3.05) is 11.4 Å². The number of anilines is 1. The van der Waals surface area contributed by atoms with Crippen LogP contribution in [0.5, 0.6) is 0 Å². The molecule has 4 aromatic rings. The highest BCUT2D eigenvalue weighted by Gasteiger charge is 2.46. The maximum Gasteiger partial charge on any atom is 0.264 e. The van der Waals surface area contributed by atoms with Crippen LogP contribution in [0.15, 0.2) is 23.1 Å². The molecule has 31 heavy (non-hydrogen) atoms. The van der Waals surface area contributed by atoms with Crippen LogP contribution in [-0.4, -0.2) is 42.9 Å². The van der Waals surface area contributed by atoms with E-state index >= 15 is 4.39 Å². The number of piperidine rings is 1. The smallest absolute Gasteiger partial charge is 0.264 e. The van der Waals surface area contributed by atoms with Gasteiger partial charge < -0.3 is 15.6 Å². The van der Waals surface area contributed by atoms with Crippen molar-refractivity contribution in [3.05, 3.63) is 39.7 Å². The summed E-state index contributed by atoms with van der Waals surface area (Å²) in [5, 5.41) is 5.01. The summed E-state index contributed by atoms with van der Waals surface area (Å²) in [5.74, 6) is 0.520. The van der Waals surface area contributed by atoms with Crippen LogP contribution in [-0.2, 0) is 14.1 Å². The number of aryl methyl sites for hydroxylation is 1.